The Kier molecular flexibility index (Phi) is 6.89. The zero-order valence-electron chi connectivity index (χ0n) is 17.0. The molecule has 1 aliphatic rings. The largest absolute Gasteiger partial charge is 0.495 e. The fourth-order valence-corrected chi connectivity index (χ4v) is 5.02. The van der Waals surface area contributed by atoms with Gasteiger partial charge in [0.2, 0.25) is 15.9 Å². The third kappa shape index (κ3) is 5.06. The van der Waals surface area contributed by atoms with Crippen molar-refractivity contribution in [2.75, 3.05) is 25.5 Å². The molecule has 30 heavy (non-hydrogen) atoms. The molecule has 1 heterocycles. The van der Waals surface area contributed by atoms with Gasteiger partial charge in [0.25, 0.3) is 0 Å². The van der Waals surface area contributed by atoms with Crippen LogP contribution in [0.2, 0.25) is 0 Å². The monoisotopic (exact) mass is 432 g/mol. The van der Waals surface area contributed by atoms with Gasteiger partial charge in [-0.25, -0.2) is 12.8 Å². The number of hydrogen-bond acceptors (Lipinski definition) is 4. The third-order valence-corrected chi connectivity index (χ3v) is 6.85. The predicted octanol–water partition coefficient (Wildman–Crippen LogP) is 3.97. The number of hydrogen-bond donors (Lipinski definition) is 1. The molecule has 0 atom stereocenters. The Bertz CT molecular complexity index is 1060. The SMILES string of the molecule is COc1ccc(/C=C/C(=O)Nc2ccc(C)cc2F)cc1S(=O)(=O)N1CCCCC1. The highest BCUT2D eigenvalue weighted by Crippen LogP contribution is 2.30. The molecule has 1 aliphatic heterocycles. The van der Waals surface area contributed by atoms with E-state index in [0.29, 0.717) is 18.7 Å². The average molecular weight is 433 g/mol. The summed E-state index contributed by atoms with van der Waals surface area (Å²) in [4.78, 5) is 12.2. The number of sulfonamides is 1. The van der Waals surface area contributed by atoms with Gasteiger partial charge in [-0.15, -0.1) is 0 Å². The van der Waals surface area contributed by atoms with Crippen LogP contribution in [0.5, 0.6) is 5.75 Å². The van der Waals surface area contributed by atoms with E-state index in [2.05, 4.69) is 5.32 Å². The number of benzene rings is 2. The Morgan fingerprint density at radius 1 is 1.13 bits per heavy atom. The minimum Gasteiger partial charge on any atom is -0.495 e. The standard InChI is InChI=1S/C22H25FN2O4S/c1-16-6-9-19(18(23)14-16)24-22(26)11-8-17-7-10-20(29-2)21(15-17)30(27,28)25-12-4-3-5-13-25/h6-11,14-15H,3-5,12-13H2,1-2H3,(H,24,26)/b11-8+. The van der Waals surface area contributed by atoms with E-state index in [1.807, 2.05) is 0 Å². The number of amides is 1. The van der Waals surface area contributed by atoms with Crippen molar-refractivity contribution in [3.05, 3.63) is 59.4 Å². The van der Waals surface area contributed by atoms with Gasteiger partial charge in [0.15, 0.2) is 0 Å². The molecule has 0 bridgehead atoms. The van der Waals surface area contributed by atoms with Crippen LogP contribution < -0.4 is 10.1 Å². The summed E-state index contributed by atoms with van der Waals surface area (Å²) in [5, 5.41) is 2.47. The molecule has 0 unspecified atom stereocenters. The molecule has 0 radical (unpaired) electrons. The first-order valence-corrected chi connectivity index (χ1v) is 11.2. The maximum atomic E-state index is 13.9. The summed E-state index contributed by atoms with van der Waals surface area (Å²) in [7, 11) is -2.28. The number of carbonyl (C=O) groups is 1. The highest BCUT2D eigenvalue weighted by molar-refractivity contribution is 7.89. The van der Waals surface area contributed by atoms with Crippen molar-refractivity contribution in [2.24, 2.45) is 0 Å². The first-order valence-electron chi connectivity index (χ1n) is 9.74. The molecule has 0 aromatic heterocycles. The van der Waals surface area contributed by atoms with Crippen molar-refractivity contribution in [2.45, 2.75) is 31.1 Å². The molecule has 1 saturated heterocycles. The van der Waals surface area contributed by atoms with Gasteiger partial charge < -0.3 is 10.1 Å². The van der Waals surface area contributed by atoms with E-state index >= 15 is 0 Å². The van der Waals surface area contributed by atoms with Crippen molar-refractivity contribution in [3.8, 4) is 5.75 Å². The number of halogens is 1. The van der Waals surface area contributed by atoms with Crippen LogP contribution in [0.4, 0.5) is 10.1 Å². The van der Waals surface area contributed by atoms with Crippen molar-refractivity contribution in [1.29, 1.82) is 0 Å². The molecule has 0 aliphatic carbocycles. The fraction of sp³-hybridized carbons (Fsp3) is 0.318. The maximum absolute atomic E-state index is 13.9. The summed E-state index contributed by atoms with van der Waals surface area (Å²) in [5.41, 5.74) is 1.35. The van der Waals surface area contributed by atoms with Crippen LogP contribution in [0.1, 0.15) is 30.4 Å². The molecule has 8 heteroatoms. The lowest BCUT2D eigenvalue weighted by atomic mass is 10.2. The summed E-state index contributed by atoms with van der Waals surface area (Å²) in [6.07, 6.45) is 5.39. The molecule has 3 rings (SSSR count). The van der Waals surface area contributed by atoms with Gasteiger partial charge in [-0.05, 0) is 61.2 Å². The molecule has 0 saturated carbocycles. The summed E-state index contributed by atoms with van der Waals surface area (Å²) in [6, 6.07) is 9.23. The number of piperidine rings is 1. The zero-order valence-corrected chi connectivity index (χ0v) is 17.8. The fourth-order valence-electron chi connectivity index (χ4n) is 3.31. The Balaban J connectivity index is 1.81. The number of nitrogens with one attached hydrogen (secondary N) is 1. The molecule has 1 amide bonds. The van der Waals surface area contributed by atoms with Gasteiger partial charge in [-0.1, -0.05) is 18.6 Å². The van der Waals surface area contributed by atoms with Crippen LogP contribution in [-0.4, -0.2) is 38.8 Å². The summed E-state index contributed by atoms with van der Waals surface area (Å²) < 4.78 is 46.7. The lowest BCUT2D eigenvalue weighted by molar-refractivity contribution is -0.111. The minimum absolute atomic E-state index is 0.0686. The second-order valence-electron chi connectivity index (χ2n) is 7.18. The zero-order chi connectivity index (χ0) is 21.7. The van der Waals surface area contributed by atoms with Crippen molar-refractivity contribution >= 4 is 27.7 Å². The van der Waals surface area contributed by atoms with Crippen LogP contribution in [0, 0.1) is 12.7 Å². The molecule has 2 aromatic rings. The highest BCUT2D eigenvalue weighted by Gasteiger charge is 2.29. The molecule has 0 spiro atoms. The normalized spacial score (nSPS) is 15.3. The quantitative estimate of drug-likeness (QED) is 0.701. The minimum atomic E-state index is -3.70. The molecule has 160 valence electrons. The molecular weight excluding hydrogens is 407 g/mol. The van der Waals surface area contributed by atoms with Gasteiger partial charge in [0.05, 0.1) is 12.8 Å². The third-order valence-electron chi connectivity index (χ3n) is 4.93. The first-order chi connectivity index (χ1) is 14.3. The molecule has 1 fully saturated rings. The van der Waals surface area contributed by atoms with E-state index in [0.717, 1.165) is 24.8 Å². The maximum Gasteiger partial charge on any atom is 0.248 e. The van der Waals surface area contributed by atoms with Crippen LogP contribution >= 0.6 is 0 Å². The number of methoxy groups -OCH3 is 1. The van der Waals surface area contributed by atoms with E-state index in [-0.39, 0.29) is 16.3 Å². The van der Waals surface area contributed by atoms with E-state index in [1.54, 1.807) is 25.1 Å². The predicted molar refractivity (Wildman–Crippen MR) is 114 cm³/mol. The highest BCUT2D eigenvalue weighted by atomic mass is 32.2. The van der Waals surface area contributed by atoms with Gasteiger partial charge in [0, 0.05) is 19.2 Å². The number of aryl methyl sites for hydroxylation is 1. The van der Waals surface area contributed by atoms with E-state index in [4.69, 9.17) is 4.74 Å². The van der Waals surface area contributed by atoms with Crippen molar-refractivity contribution in [3.63, 3.8) is 0 Å². The Morgan fingerprint density at radius 3 is 2.53 bits per heavy atom. The molecular formula is C22H25FN2O4S. The van der Waals surface area contributed by atoms with E-state index in [1.165, 1.54) is 41.8 Å². The van der Waals surface area contributed by atoms with E-state index in [9.17, 15) is 17.6 Å². The number of carbonyl (C=O) groups excluding carboxylic acids is 1. The Hall–Kier alpha value is -2.71. The second-order valence-corrected chi connectivity index (χ2v) is 9.09. The molecule has 6 nitrogen and oxygen atoms in total. The lowest BCUT2D eigenvalue weighted by Gasteiger charge is -2.26. The second kappa shape index (κ2) is 9.40. The summed E-state index contributed by atoms with van der Waals surface area (Å²) in [6.45, 7) is 2.72. The average Bonchev–Trinajstić information content (AvgIpc) is 2.74. The van der Waals surface area contributed by atoms with Crippen molar-refractivity contribution < 1.29 is 22.3 Å². The van der Waals surface area contributed by atoms with Gasteiger partial charge in [-0.3, -0.25) is 4.79 Å². The van der Waals surface area contributed by atoms with E-state index < -0.39 is 21.7 Å². The lowest BCUT2D eigenvalue weighted by Crippen LogP contribution is -2.35. The summed E-state index contributed by atoms with van der Waals surface area (Å²) >= 11 is 0. The number of ether oxygens (including phenoxy) is 1. The smallest absolute Gasteiger partial charge is 0.248 e. The Morgan fingerprint density at radius 2 is 1.87 bits per heavy atom. The van der Waals surface area contributed by atoms with Crippen LogP contribution in [0.25, 0.3) is 6.08 Å². The van der Waals surface area contributed by atoms with Crippen molar-refractivity contribution in [1.82, 2.24) is 4.31 Å². The topological polar surface area (TPSA) is 75.7 Å². The number of nitrogens with zero attached hydrogens (tertiary/aromatic N) is 1. The molecule has 2 aromatic carbocycles. The summed E-state index contributed by atoms with van der Waals surface area (Å²) in [5.74, 6) is -0.783. The van der Waals surface area contributed by atoms with Gasteiger partial charge in [0.1, 0.15) is 16.5 Å². The van der Waals surface area contributed by atoms with Crippen LogP contribution in [0.15, 0.2) is 47.4 Å². The Labute approximate surface area is 176 Å². The van der Waals surface area contributed by atoms with Crippen LogP contribution in [0.3, 0.4) is 0 Å². The van der Waals surface area contributed by atoms with Gasteiger partial charge in [-0.2, -0.15) is 4.31 Å². The number of anilines is 1. The first kappa shape index (κ1) is 22.0. The molecule has 1 N–H and O–H groups in total. The van der Waals surface area contributed by atoms with Gasteiger partial charge >= 0.3 is 0 Å². The van der Waals surface area contributed by atoms with Crippen LogP contribution in [-0.2, 0) is 14.8 Å². The number of rotatable bonds is 6.